The lowest BCUT2D eigenvalue weighted by atomic mass is 9.99. The number of carbonyl (C=O) groups is 1. The fourth-order valence-corrected chi connectivity index (χ4v) is 4.66. The predicted molar refractivity (Wildman–Crippen MR) is 119 cm³/mol. The average Bonchev–Trinajstić information content (AvgIpc) is 3.22. The van der Waals surface area contributed by atoms with Gasteiger partial charge in [-0.25, -0.2) is 0 Å². The van der Waals surface area contributed by atoms with Crippen LogP contribution in [0.1, 0.15) is 23.1 Å². The molecule has 0 saturated heterocycles. The molecule has 2 N–H and O–H groups in total. The normalized spacial score (nSPS) is 19.1. The number of nitrogen functional groups attached to an aromatic ring is 1. The molecular weight excluding hydrogens is 374 g/mol. The standard InChI is InChI=1S/C24H27N5O/c1-17-5-2-3-7-19(17)15-29-23(30)21-16-27(14-18-6-4-8-20(25)13-18)11-9-22(21)28-12-10-26-24(28)29/h2-8,13H,9-12,14-16,25H2,1H3. The highest BCUT2D eigenvalue weighted by Crippen LogP contribution is 2.32. The number of nitrogens with two attached hydrogens (primary N) is 1. The van der Waals surface area contributed by atoms with E-state index in [1.807, 2.05) is 35.2 Å². The molecule has 0 radical (unpaired) electrons. The third-order valence-corrected chi connectivity index (χ3v) is 6.23. The van der Waals surface area contributed by atoms with E-state index in [1.54, 1.807) is 0 Å². The lowest BCUT2D eigenvalue weighted by molar-refractivity contribution is -0.125. The van der Waals surface area contributed by atoms with Gasteiger partial charge in [0, 0.05) is 44.0 Å². The Bertz CT molecular complexity index is 1060. The molecule has 2 aromatic carbocycles. The molecule has 0 fully saturated rings. The molecule has 0 aromatic heterocycles. The summed E-state index contributed by atoms with van der Waals surface area (Å²) < 4.78 is 0. The van der Waals surface area contributed by atoms with Gasteiger partial charge in [0.25, 0.3) is 5.91 Å². The van der Waals surface area contributed by atoms with Crippen LogP contribution in [-0.2, 0) is 17.9 Å². The molecule has 154 valence electrons. The van der Waals surface area contributed by atoms with Gasteiger partial charge in [-0.2, -0.15) is 0 Å². The quantitative estimate of drug-likeness (QED) is 0.800. The summed E-state index contributed by atoms with van der Waals surface area (Å²) in [6.45, 7) is 6.66. The molecule has 0 saturated carbocycles. The van der Waals surface area contributed by atoms with Crippen molar-refractivity contribution in [3.05, 3.63) is 76.5 Å². The lowest BCUT2D eigenvalue weighted by Crippen LogP contribution is -2.53. The zero-order chi connectivity index (χ0) is 20.7. The summed E-state index contributed by atoms with van der Waals surface area (Å²) in [5.74, 6) is 0.925. The van der Waals surface area contributed by atoms with Gasteiger partial charge in [0.2, 0.25) is 5.96 Å². The molecule has 1 amide bonds. The SMILES string of the molecule is Cc1ccccc1CN1C(=O)C2=C(CCN(Cc3cccc(N)c3)C2)N2CCN=C12. The van der Waals surface area contributed by atoms with E-state index < -0.39 is 0 Å². The molecule has 0 aliphatic carbocycles. The van der Waals surface area contributed by atoms with Gasteiger partial charge in [-0.3, -0.25) is 19.6 Å². The first-order valence-corrected chi connectivity index (χ1v) is 10.6. The van der Waals surface area contributed by atoms with Gasteiger partial charge in [-0.1, -0.05) is 36.4 Å². The molecule has 3 aliphatic heterocycles. The minimum atomic E-state index is 0.0995. The maximum atomic E-state index is 13.6. The summed E-state index contributed by atoms with van der Waals surface area (Å²) in [7, 11) is 0. The van der Waals surface area contributed by atoms with E-state index in [1.165, 1.54) is 16.8 Å². The van der Waals surface area contributed by atoms with Crippen molar-refractivity contribution in [2.24, 2.45) is 4.99 Å². The van der Waals surface area contributed by atoms with E-state index in [4.69, 9.17) is 5.73 Å². The van der Waals surface area contributed by atoms with Crippen LogP contribution in [0.15, 0.2) is 64.8 Å². The molecule has 6 nitrogen and oxygen atoms in total. The number of hydrogen-bond donors (Lipinski definition) is 1. The van der Waals surface area contributed by atoms with Crippen LogP contribution in [0.5, 0.6) is 0 Å². The molecule has 0 atom stereocenters. The zero-order valence-electron chi connectivity index (χ0n) is 17.3. The second-order valence-corrected chi connectivity index (χ2v) is 8.28. The van der Waals surface area contributed by atoms with E-state index >= 15 is 0 Å². The Morgan fingerprint density at radius 2 is 1.93 bits per heavy atom. The molecule has 30 heavy (non-hydrogen) atoms. The van der Waals surface area contributed by atoms with E-state index in [0.29, 0.717) is 13.1 Å². The van der Waals surface area contributed by atoms with Crippen LogP contribution in [0.3, 0.4) is 0 Å². The number of aryl methyl sites for hydroxylation is 1. The van der Waals surface area contributed by atoms with Gasteiger partial charge in [0.15, 0.2) is 0 Å². The van der Waals surface area contributed by atoms with Crippen molar-refractivity contribution in [2.45, 2.75) is 26.4 Å². The Kier molecular flexibility index (Phi) is 4.79. The van der Waals surface area contributed by atoms with Gasteiger partial charge in [0.1, 0.15) is 0 Å². The maximum Gasteiger partial charge on any atom is 0.259 e. The molecule has 3 aliphatic rings. The van der Waals surface area contributed by atoms with Gasteiger partial charge in [-0.15, -0.1) is 0 Å². The molecule has 6 heteroatoms. The maximum absolute atomic E-state index is 13.6. The van der Waals surface area contributed by atoms with Crippen molar-refractivity contribution in [3.63, 3.8) is 0 Å². The van der Waals surface area contributed by atoms with Crippen LogP contribution >= 0.6 is 0 Å². The number of rotatable bonds is 4. The summed E-state index contributed by atoms with van der Waals surface area (Å²) in [5.41, 5.74) is 12.4. The molecule has 3 heterocycles. The summed E-state index contributed by atoms with van der Waals surface area (Å²) >= 11 is 0. The van der Waals surface area contributed by atoms with Crippen LogP contribution < -0.4 is 5.73 Å². The Morgan fingerprint density at radius 1 is 1.07 bits per heavy atom. The predicted octanol–water partition coefficient (Wildman–Crippen LogP) is 2.75. The second kappa shape index (κ2) is 7.61. The molecule has 0 unspecified atom stereocenters. The number of fused-ring (bicyclic) bond motifs is 2. The summed E-state index contributed by atoms with van der Waals surface area (Å²) in [4.78, 5) is 24.8. The van der Waals surface area contributed by atoms with Crippen molar-refractivity contribution in [3.8, 4) is 0 Å². The number of anilines is 1. The van der Waals surface area contributed by atoms with E-state index in [-0.39, 0.29) is 5.91 Å². The third kappa shape index (κ3) is 3.37. The van der Waals surface area contributed by atoms with Crippen molar-refractivity contribution in [1.82, 2.24) is 14.7 Å². The summed E-state index contributed by atoms with van der Waals surface area (Å²) in [5, 5.41) is 0. The highest BCUT2D eigenvalue weighted by atomic mass is 16.2. The summed E-state index contributed by atoms with van der Waals surface area (Å²) in [6, 6.07) is 16.3. The van der Waals surface area contributed by atoms with Gasteiger partial charge in [0.05, 0.1) is 18.7 Å². The molecule has 2 aromatic rings. The van der Waals surface area contributed by atoms with E-state index in [2.05, 4.69) is 39.9 Å². The number of hydrogen-bond acceptors (Lipinski definition) is 5. The Labute approximate surface area is 177 Å². The molecule has 0 spiro atoms. The topological polar surface area (TPSA) is 65.2 Å². The number of amides is 1. The number of guanidine groups is 1. The number of aliphatic imine (C=N–C) groups is 1. The smallest absolute Gasteiger partial charge is 0.259 e. The van der Waals surface area contributed by atoms with Crippen molar-refractivity contribution in [1.29, 1.82) is 0 Å². The molecule has 5 rings (SSSR count). The van der Waals surface area contributed by atoms with Gasteiger partial charge >= 0.3 is 0 Å². The Balaban J connectivity index is 1.41. The fraction of sp³-hybridized carbons (Fsp3) is 0.333. The third-order valence-electron chi connectivity index (χ3n) is 6.23. The minimum Gasteiger partial charge on any atom is -0.399 e. The van der Waals surface area contributed by atoms with Crippen molar-refractivity contribution < 1.29 is 4.79 Å². The average molecular weight is 402 g/mol. The van der Waals surface area contributed by atoms with Gasteiger partial charge in [-0.05, 0) is 35.7 Å². The van der Waals surface area contributed by atoms with E-state index in [0.717, 1.165) is 55.4 Å². The van der Waals surface area contributed by atoms with Crippen LogP contribution in [-0.4, -0.2) is 52.7 Å². The highest BCUT2D eigenvalue weighted by Gasteiger charge is 2.41. The van der Waals surface area contributed by atoms with Crippen LogP contribution in [0.2, 0.25) is 0 Å². The van der Waals surface area contributed by atoms with Crippen LogP contribution in [0.25, 0.3) is 0 Å². The van der Waals surface area contributed by atoms with E-state index in [9.17, 15) is 4.79 Å². The van der Waals surface area contributed by atoms with Crippen molar-refractivity contribution in [2.75, 3.05) is 31.9 Å². The number of nitrogens with zero attached hydrogens (tertiary/aromatic N) is 4. The van der Waals surface area contributed by atoms with Crippen molar-refractivity contribution >= 4 is 17.6 Å². The Morgan fingerprint density at radius 3 is 2.77 bits per heavy atom. The first kappa shape index (κ1) is 18.9. The first-order chi connectivity index (χ1) is 14.6. The monoisotopic (exact) mass is 401 g/mol. The first-order valence-electron chi connectivity index (χ1n) is 10.6. The Hall–Kier alpha value is -3.12. The number of carbonyl (C=O) groups excluding carboxylic acids is 1. The second-order valence-electron chi connectivity index (χ2n) is 8.28. The number of benzene rings is 2. The van der Waals surface area contributed by atoms with Gasteiger partial charge < -0.3 is 10.6 Å². The lowest BCUT2D eigenvalue weighted by Gasteiger charge is -2.42. The summed E-state index contributed by atoms with van der Waals surface area (Å²) in [6.07, 6.45) is 0.876. The van der Waals surface area contributed by atoms with Crippen LogP contribution in [0.4, 0.5) is 5.69 Å². The zero-order valence-corrected chi connectivity index (χ0v) is 17.3. The molecular formula is C24H27N5O. The van der Waals surface area contributed by atoms with Crippen LogP contribution in [0, 0.1) is 6.92 Å². The fourth-order valence-electron chi connectivity index (χ4n) is 4.66. The largest absolute Gasteiger partial charge is 0.399 e. The molecule has 0 bridgehead atoms. The minimum absolute atomic E-state index is 0.0995. The highest BCUT2D eigenvalue weighted by molar-refractivity contribution is 6.09.